The number of halogens is 2. The number of ether oxygens (including phenoxy) is 1. The molecule has 6 nitrogen and oxygen atoms in total. The van der Waals surface area contributed by atoms with E-state index in [0.29, 0.717) is 29.9 Å². The lowest BCUT2D eigenvalue weighted by molar-refractivity contribution is 0.215. The van der Waals surface area contributed by atoms with Gasteiger partial charge in [-0.05, 0) is 55.3 Å². The molecule has 174 valence electrons. The van der Waals surface area contributed by atoms with E-state index >= 15 is 0 Å². The lowest BCUT2D eigenvalue weighted by Crippen LogP contribution is -2.32. The molecule has 0 amide bonds. The van der Waals surface area contributed by atoms with Gasteiger partial charge in [0.1, 0.15) is 23.5 Å². The van der Waals surface area contributed by atoms with Gasteiger partial charge in [0.05, 0.1) is 30.2 Å². The summed E-state index contributed by atoms with van der Waals surface area (Å²) in [5.74, 6) is -0.681. The van der Waals surface area contributed by atoms with Crippen molar-refractivity contribution < 1.29 is 18.6 Å². The van der Waals surface area contributed by atoms with Crippen molar-refractivity contribution in [1.29, 1.82) is 0 Å². The SMILES string of the molecule is Cc1cn(-c2ccc(C(O)c3cc(F)cn(C4CCOc5ccc(F)cc54)c3=O)cc2C)cn1. The summed E-state index contributed by atoms with van der Waals surface area (Å²) in [4.78, 5) is 17.6. The first-order chi connectivity index (χ1) is 16.3. The number of aromatic nitrogens is 3. The fraction of sp³-hybridized carbons (Fsp3) is 0.231. The molecule has 0 aliphatic carbocycles. The predicted molar refractivity (Wildman–Crippen MR) is 122 cm³/mol. The Bertz CT molecular complexity index is 1440. The van der Waals surface area contributed by atoms with Crippen LogP contribution in [0.3, 0.4) is 0 Å². The summed E-state index contributed by atoms with van der Waals surface area (Å²) in [7, 11) is 0. The standard InChI is InChI=1S/C26H23F2N3O3/c1-15-9-17(3-5-22(15)30-12-16(2)29-14-30)25(32)21-11-19(28)13-31(26(21)33)23-7-8-34-24-6-4-18(27)10-20(23)24/h3-6,9-14,23,25,32H,7-8H2,1-2H3. The minimum absolute atomic E-state index is 0.0879. The fourth-order valence-electron chi connectivity index (χ4n) is 4.52. The molecule has 0 radical (unpaired) electrons. The fourth-order valence-corrected chi connectivity index (χ4v) is 4.52. The lowest BCUT2D eigenvalue weighted by Gasteiger charge is -2.28. The van der Waals surface area contributed by atoms with Gasteiger partial charge in [-0.25, -0.2) is 13.8 Å². The highest BCUT2D eigenvalue weighted by Gasteiger charge is 2.27. The van der Waals surface area contributed by atoms with Crippen molar-refractivity contribution in [2.75, 3.05) is 6.61 Å². The second-order valence-electron chi connectivity index (χ2n) is 8.53. The Morgan fingerprint density at radius 2 is 1.91 bits per heavy atom. The summed E-state index contributed by atoms with van der Waals surface area (Å²) in [6, 6.07) is 9.82. The van der Waals surface area contributed by atoms with E-state index in [1.54, 1.807) is 18.5 Å². The zero-order valence-electron chi connectivity index (χ0n) is 18.7. The number of hydrogen-bond donors (Lipinski definition) is 1. The van der Waals surface area contributed by atoms with E-state index < -0.39 is 29.3 Å². The molecule has 0 spiro atoms. The molecular weight excluding hydrogens is 440 g/mol. The first-order valence-electron chi connectivity index (χ1n) is 10.9. The van der Waals surface area contributed by atoms with Gasteiger partial charge in [-0.1, -0.05) is 12.1 Å². The third kappa shape index (κ3) is 3.90. The van der Waals surface area contributed by atoms with Gasteiger partial charge in [-0.15, -0.1) is 0 Å². The Morgan fingerprint density at radius 1 is 1.09 bits per heavy atom. The molecule has 1 N–H and O–H groups in total. The smallest absolute Gasteiger partial charge is 0.257 e. The van der Waals surface area contributed by atoms with Crippen molar-refractivity contribution in [1.82, 2.24) is 14.1 Å². The van der Waals surface area contributed by atoms with Gasteiger partial charge in [0.2, 0.25) is 0 Å². The van der Waals surface area contributed by atoms with Crippen LogP contribution in [0.4, 0.5) is 8.78 Å². The molecule has 2 aromatic carbocycles. The van der Waals surface area contributed by atoms with Crippen LogP contribution in [0, 0.1) is 25.5 Å². The number of aryl methyl sites for hydroxylation is 2. The van der Waals surface area contributed by atoms with Gasteiger partial charge < -0.3 is 19.0 Å². The number of benzene rings is 2. The summed E-state index contributed by atoms with van der Waals surface area (Å²) in [5.41, 5.74) is 2.92. The summed E-state index contributed by atoms with van der Waals surface area (Å²) < 4.78 is 37.3. The summed E-state index contributed by atoms with van der Waals surface area (Å²) in [6.45, 7) is 4.08. The quantitative estimate of drug-likeness (QED) is 0.488. The normalized spacial score (nSPS) is 16.1. The van der Waals surface area contributed by atoms with Gasteiger partial charge in [-0.3, -0.25) is 4.79 Å². The number of rotatable bonds is 4. The van der Waals surface area contributed by atoms with Crippen LogP contribution in [0.15, 0.2) is 66.0 Å². The van der Waals surface area contributed by atoms with Crippen molar-refractivity contribution in [3.63, 3.8) is 0 Å². The minimum atomic E-state index is -1.33. The van der Waals surface area contributed by atoms with Gasteiger partial charge in [0.25, 0.3) is 5.56 Å². The Labute approximate surface area is 194 Å². The number of hydrogen-bond acceptors (Lipinski definition) is 4. The zero-order chi connectivity index (χ0) is 24.0. The van der Waals surface area contributed by atoms with E-state index in [2.05, 4.69) is 4.98 Å². The van der Waals surface area contributed by atoms with Gasteiger partial charge in [0.15, 0.2) is 0 Å². The van der Waals surface area contributed by atoms with E-state index in [9.17, 15) is 18.7 Å². The molecule has 3 heterocycles. The van der Waals surface area contributed by atoms with E-state index in [1.807, 2.05) is 30.7 Å². The Morgan fingerprint density at radius 3 is 2.65 bits per heavy atom. The van der Waals surface area contributed by atoms with Crippen molar-refractivity contribution >= 4 is 0 Å². The zero-order valence-corrected chi connectivity index (χ0v) is 18.7. The van der Waals surface area contributed by atoms with E-state index in [1.165, 1.54) is 22.8 Å². The molecule has 5 rings (SSSR count). The number of aliphatic hydroxyl groups is 1. The molecule has 2 aromatic heterocycles. The molecule has 0 bridgehead atoms. The maximum absolute atomic E-state index is 14.7. The van der Waals surface area contributed by atoms with E-state index in [0.717, 1.165) is 29.2 Å². The molecule has 1 aliphatic rings. The third-order valence-corrected chi connectivity index (χ3v) is 6.17. The van der Waals surface area contributed by atoms with Crippen molar-refractivity contribution in [2.24, 2.45) is 0 Å². The van der Waals surface area contributed by atoms with Crippen LogP contribution in [0.25, 0.3) is 5.69 Å². The second kappa shape index (κ2) is 8.53. The highest BCUT2D eigenvalue weighted by Crippen LogP contribution is 2.35. The Kier molecular flexibility index (Phi) is 5.53. The van der Waals surface area contributed by atoms with E-state index in [4.69, 9.17) is 4.74 Å². The number of pyridine rings is 1. The number of fused-ring (bicyclic) bond motifs is 1. The van der Waals surface area contributed by atoms with Crippen LogP contribution in [0.1, 0.15) is 46.5 Å². The topological polar surface area (TPSA) is 69.3 Å². The van der Waals surface area contributed by atoms with Crippen molar-refractivity contribution in [2.45, 2.75) is 32.4 Å². The molecule has 0 fully saturated rings. The highest BCUT2D eigenvalue weighted by atomic mass is 19.1. The maximum atomic E-state index is 14.7. The molecular formula is C26H23F2N3O3. The average Bonchev–Trinajstić information content (AvgIpc) is 3.25. The molecule has 2 atom stereocenters. The van der Waals surface area contributed by atoms with Crippen molar-refractivity contribution in [3.05, 3.63) is 111 Å². The van der Waals surface area contributed by atoms with Gasteiger partial charge in [-0.2, -0.15) is 0 Å². The average molecular weight is 463 g/mol. The monoisotopic (exact) mass is 463 g/mol. The van der Waals surface area contributed by atoms with Crippen LogP contribution < -0.4 is 10.3 Å². The predicted octanol–water partition coefficient (Wildman–Crippen LogP) is 4.38. The largest absolute Gasteiger partial charge is 0.493 e. The molecule has 1 aliphatic heterocycles. The summed E-state index contributed by atoms with van der Waals surface area (Å²) >= 11 is 0. The molecule has 0 saturated heterocycles. The number of nitrogens with zero attached hydrogens (tertiary/aromatic N) is 3. The van der Waals surface area contributed by atoms with Crippen LogP contribution >= 0.6 is 0 Å². The summed E-state index contributed by atoms with van der Waals surface area (Å²) in [6.07, 6.45) is 3.72. The van der Waals surface area contributed by atoms with Crippen LogP contribution in [-0.2, 0) is 0 Å². The molecule has 34 heavy (non-hydrogen) atoms. The van der Waals surface area contributed by atoms with Crippen LogP contribution in [-0.4, -0.2) is 25.8 Å². The highest BCUT2D eigenvalue weighted by molar-refractivity contribution is 5.45. The Hall–Kier alpha value is -3.78. The maximum Gasteiger partial charge on any atom is 0.257 e. The summed E-state index contributed by atoms with van der Waals surface area (Å²) in [5, 5.41) is 11.1. The van der Waals surface area contributed by atoms with Crippen LogP contribution in [0.2, 0.25) is 0 Å². The molecule has 0 saturated carbocycles. The lowest BCUT2D eigenvalue weighted by atomic mass is 9.97. The first kappa shape index (κ1) is 22.0. The second-order valence-corrected chi connectivity index (χ2v) is 8.53. The number of imidazole rings is 1. The van der Waals surface area contributed by atoms with Gasteiger partial charge in [0, 0.05) is 30.1 Å². The minimum Gasteiger partial charge on any atom is -0.493 e. The molecule has 4 aromatic rings. The Balaban J connectivity index is 1.55. The van der Waals surface area contributed by atoms with Crippen LogP contribution in [0.5, 0.6) is 5.75 Å². The van der Waals surface area contributed by atoms with Gasteiger partial charge >= 0.3 is 0 Å². The number of aliphatic hydroxyl groups excluding tert-OH is 1. The third-order valence-electron chi connectivity index (χ3n) is 6.17. The molecule has 8 heteroatoms. The van der Waals surface area contributed by atoms with E-state index in [-0.39, 0.29) is 5.56 Å². The van der Waals surface area contributed by atoms with Crippen molar-refractivity contribution in [3.8, 4) is 11.4 Å². The first-order valence-corrected chi connectivity index (χ1v) is 10.9. The molecule has 2 unspecified atom stereocenters.